The number of carbonyl (C=O) groups excluding carboxylic acids is 1. The number of hydrogen-bond acceptors (Lipinski definition) is 5. The van der Waals surface area contributed by atoms with Crippen molar-refractivity contribution in [2.45, 2.75) is 90.4 Å². The molecule has 180 valence electrons. The molecule has 1 saturated carbocycles. The maximum Gasteiger partial charge on any atom is 0.245 e. The maximum atomic E-state index is 13.5. The third-order valence-electron chi connectivity index (χ3n) is 7.62. The van der Waals surface area contributed by atoms with E-state index in [2.05, 4.69) is 52.8 Å². The largest absolute Gasteiger partial charge is 0.358 e. The highest BCUT2D eigenvalue weighted by molar-refractivity contribution is 6.31. The first-order valence-corrected chi connectivity index (χ1v) is 13.0. The Kier molecular flexibility index (Phi) is 7.75. The highest BCUT2D eigenvalue weighted by atomic mass is 35.5. The highest BCUT2D eigenvalue weighted by Gasteiger charge is 2.42. The average Bonchev–Trinajstić information content (AvgIpc) is 3.15. The van der Waals surface area contributed by atoms with E-state index in [9.17, 15) is 4.79 Å². The lowest BCUT2D eigenvalue weighted by Gasteiger charge is -2.45. The van der Waals surface area contributed by atoms with Gasteiger partial charge < -0.3 is 10.2 Å². The second-order valence-corrected chi connectivity index (χ2v) is 10.3. The van der Waals surface area contributed by atoms with Gasteiger partial charge in [0.1, 0.15) is 18.2 Å². The minimum atomic E-state index is -0.245. The summed E-state index contributed by atoms with van der Waals surface area (Å²) in [6.07, 6.45) is 8.17. The maximum absolute atomic E-state index is 13.5. The van der Waals surface area contributed by atoms with Gasteiger partial charge in [-0.15, -0.1) is 0 Å². The van der Waals surface area contributed by atoms with Crippen molar-refractivity contribution in [1.29, 1.82) is 0 Å². The van der Waals surface area contributed by atoms with Crippen LogP contribution in [0.4, 0.5) is 5.82 Å². The van der Waals surface area contributed by atoms with E-state index in [0.717, 1.165) is 36.8 Å². The second kappa shape index (κ2) is 10.6. The number of nitrogens with zero attached hydrogens (tertiary/aromatic N) is 4. The van der Waals surface area contributed by atoms with Gasteiger partial charge in [-0.1, -0.05) is 31.9 Å². The van der Waals surface area contributed by atoms with Crippen LogP contribution in [0.1, 0.15) is 66.2 Å². The fourth-order valence-electron chi connectivity index (χ4n) is 6.13. The minimum Gasteiger partial charge on any atom is -0.358 e. The van der Waals surface area contributed by atoms with E-state index in [4.69, 9.17) is 11.6 Å². The van der Waals surface area contributed by atoms with E-state index in [0.29, 0.717) is 34.9 Å². The van der Waals surface area contributed by atoms with Crippen LogP contribution >= 0.6 is 11.6 Å². The fourth-order valence-corrected chi connectivity index (χ4v) is 6.31. The Bertz CT molecular complexity index is 967. The zero-order valence-corrected chi connectivity index (χ0v) is 21.2. The minimum absolute atomic E-state index is 0.213. The van der Waals surface area contributed by atoms with Gasteiger partial charge in [0.05, 0.1) is 5.52 Å². The van der Waals surface area contributed by atoms with E-state index in [1.165, 1.54) is 25.7 Å². The molecule has 1 aliphatic carbocycles. The van der Waals surface area contributed by atoms with E-state index in [1.54, 1.807) is 6.33 Å². The topological polar surface area (TPSA) is 61.4 Å². The zero-order chi connectivity index (χ0) is 23.5. The molecule has 6 nitrogen and oxygen atoms in total. The van der Waals surface area contributed by atoms with Gasteiger partial charge in [0.15, 0.2) is 0 Å². The molecule has 2 aromatic rings. The summed E-state index contributed by atoms with van der Waals surface area (Å²) in [6, 6.07) is 6.88. The first kappa shape index (κ1) is 24.2. The molecule has 0 radical (unpaired) electrons. The summed E-state index contributed by atoms with van der Waals surface area (Å²) in [5.41, 5.74) is 0.825. The predicted molar refractivity (Wildman–Crippen MR) is 136 cm³/mol. The quantitative estimate of drug-likeness (QED) is 0.561. The lowest BCUT2D eigenvalue weighted by molar-refractivity contribution is -0.132. The Morgan fingerprint density at radius 2 is 2.03 bits per heavy atom. The number of aromatic nitrogens is 2. The molecule has 2 aliphatic rings. The van der Waals surface area contributed by atoms with Crippen molar-refractivity contribution < 1.29 is 4.79 Å². The first-order chi connectivity index (χ1) is 15.9. The van der Waals surface area contributed by atoms with Crippen molar-refractivity contribution in [3.8, 4) is 0 Å². The second-order valence-electron chi connectivity index (χ2n) is 9.91. The number of amides is 1. The molecule has 0 bridgehead atoms. The molecule has 4 atom stereocenters. The molecular weight excluding hydrogens is 434 g/mol. The Labute approximate surface area is 203 Å². The molecule has 7 heteroatoms. The molecule has 33 heavy (non-hydrogen) atoms. The molecule has 1 N–H and O–H groups in total. The van der Waals surface area contributed by atoms with Gasteiger partial charge in [0.25, 0.3) is 0 Å². The monoisotopic (exact) mass is 471 g/mol. The van der Waals surface area contributed by atoms with Gasteiger partial charge in [-0.25, -0.2) is 9.97 Å². The third kappa shape index (κ3) is 5.12. The third-order valence-corrected chi connectivity index (χ3v) is 7.86. The van der Waals surface area contributed by atoms with Crippen LogP contribution in [0.25, 0.3) is 10.9 Å². The SMILES string of the molecule is CCC[C@@H]1C[C@H](N(CC)C(C)C)CC[C@@H]1N1CC[C@H](Nc2ncnc3ccc(Cl)cc23)C1=O. The number of rotatable bonds is 8. The average molecular weight is 472 g/mol. The summed E-state index contributed by atoms with van der Waals surface area (Å²) in [6.45, 7) is 11.0. The number of halogens is 1. The Morgan fingerprint density at radius 1 is 1.21 bits per heavy atom. The van der Waals surface area contributed by atoms with Gasteiger partial charge in [-0.2, -0.15) is 0 Å². The summed E-state index contributed by atoms with van der Waals surface area (Å²) < 4.78 is 0. The molecule has 0 unspecified atom stereocenters. The summed E-state index contributed by atoms with van der Waals surface area (Å²) in [7, 11) is 0. The van der Waals surface area contributed by atoms with Crippen molar-refractivity contribution >= 4 is 34.2 Å². The van der Waals surface area contributed by atoms with Crippen molar-refractivity contribution in [2.24, 2.45) is 5.92 Å². The zero-order valence-electron chi connectivity index (χ0n) is 20.4. The van der Waals surface area contributed by atoms with Crippen molar-refractivity contribution in [1.82, 2.24) is 19.8 Å². The molecule has 1 aromatic heterocycles. The van der Waals surface area contributed by atoms with Crippen LogP contribution in [0, 0.1) is 5.92 Å². The summed E-state index contributed by atoms with van der Waals surface area (Å²) in [5.74, 6) is 1.47. The van der Waals surface area contributed by atoms with Crippen molar-refractivity contribution in [3.05, 3.63) is 29.5 Å². The number of benzene rings is 1. The molecule has 1 saturated heterocycles. The lowest BCUT2D eigenvalue weighted by atomic mass is 9.77. The molecular formula is C26H38ClN5O. The standard InChI is InChI=1S/C26H38ClN5O/c1-5-7-18-14-20(31(6-2)17(3)4)9-11-24(18)32-13-12-23(26(32)33)30-25-21-15-19(27)8-10-22(21)28-16-29-25/h8,10,15-18,20,23-24H,5-7,9,11-14H2,1-4H3,(H,28,29,30)/t18-,20-,23+,24+/m1/s1. The summed E-state index contributed by atoms with van der Waals surface area (Å²) in [5, 5.41) is 4.91. The fraction of sp³-hybridized carbons (Fsp3) is 0.654. The molecule has 2 heterocycles. The van der Waals surface area contributed by atoms with E-state index < -0.39 is 0 Å². The van der Waals surface area contributed by atoms with Crippen LogP contribution in [-0.2, 0) is 4.79 Å². The van der Waals surface area contributed by atoms with Gasteiger partial charge in [0.2, 0.25) is 5.91 Å². The number of hydrogen-bond donors (Lipinski definition) is 1. The Morgan fingerprint density at radius 3 is 2.76 bits per heavy atom. The van der Waals surface area contributed by atoms with Gasteiger partial charge in [-0.05, 0) is 76.6 Å². The summed E-state index contributed by atoms with van der Waals surface area (Å²) >= 11 is 6.21. The molecule has 0 spiro atoms. The summed E-state index contributed by atoms with van der Waals surface area (Å²) in [4.78, 5) is 27.1. The van der Waals surface area contributed by atoms with Crippen LogP contribution in [0.5, 0.6) is 0 Å². The number of carbonyl (C=O) groups is 1. The van der Waals surface area contributed by atoms with Gasteiger partial charge in [0, 0.05) is 35.1 Å². The Balaban J connectivity index is 1.48. The number of fused-ring (bicyclic) bond motifs is 1. The van der Waals surface area contributed by atoms with E-state index in [1.807, 2.05) is 18.2 Å². The van der Waals surface area contributed by atoms with Crippen LogP contribution in [0.2, 0.25) is 5.02 Å². The molecule has 1 amide bonds. The van der Waals surface area contributed by atoms with Gasteiger partial charge >= 0.3 is 0 Å². The van der Waals surface area contributed by atoms with E-state index >= 15 is 0 Å². The number of nitrogens with one attached hydrogen (secondary N) is 1. The molecule has 1 aromatic carbocycles. The van der Waals surface area contributed by atoms with Gasteiger partial charge in [-0.3, -0.25) is 9.69 Å². The molecule has 4 rings (SSSR count). The Hall–Kier alpha value is -1.92. The van der Waals surface area contributed by atoms with Crippen LogP contribution < -0.4 is 5.32 Å². The predicted octanol–water partition coefficient (Wildman–Crippen LogP) is 5.36. The molecule has 1 aliphatic heterocycles. The lowest BCUT2D eigenvalue weighted by Crippen LogP contribution is -2.51. The molecule has 2 fully saturated rings. The number of anilines is 1. The van der Waals surface area contributed by atoms with Crippen LogP contribution in [0.3, 0.4) is 0 Å². The highest BCUT2D eigenvalue weighted by Crippen LogP contribution is 2.37. The first-order valence-electron chi connectivity index (χ1n) is 12.7. The van der Waals surface area contributed by atoms with Crippen molar-refractivity contribution in [2.75, 3.05) is 18.4 Å². The van der Waals surface area contributed by atoms with E-state index in [-0.39, 0.29) is 11.9 Å². The smallest absolute Gasteiger partial charge is 0.245 e. The van der Waals surface area contributed by atoms with Crippen LogP contribution in [0.15, 0.2) is 24.5 Å². The van der Waals surface area contributed by atoms with Crippen molar-refractivity contribution in [3.63, 3.8) is 0 Å². The van der Waals surface area contributed by atoms with Crippen LogP contribution in [-0.4, -0.2) is 62.9 Å². The number of likely N-dealkylation sites (tertiary alicyclic amines) is 1. The normalized spacial score (nSPS) is 26.0.